The van der Waals surface area contributed by atoms with Crippen LogP contribution in [0.3, 0.4) is 0 Å². The van der Waals surface area contributed by atoms with Gasteiger partial charge < -0.3 is 19.5 Å². The Bertz CT molecular complexity index is 328. The van der Waals surface area contributed by atoms with Crippen molar-refractivity contribution in [1.29, 1.82) is 0 Å². The molecule has 1 aliphatic rings. The van der Waals surface area contributed by atoms with Gasteiger partial charge in [0, 0.05) is 25.8 Å². The maximum atomic E-state index is 5.39. The van der Waals surface area contributed by atoms with Crippen molar-refractivity contribution in [3.8, 4) is 11.5 Å². The van der Waals surface area contributed by atoms with Crippen LogP contribution in [0.2, 0.25) is 0 Å². The number of methoxy groups -OCH3 is 1. The monoisotopic (exact) mass is 209 g/mol. The van der Waals surface area contributed by atoms with E-state index in [1.54, 1.807) is 7.11 Å². The van der Waals surface area contributed by atoms with Crippen LogP contribution in [0.15, 0.2) is 18.2 Å². The van der Waals surface area contributed by atoms with Gasteiger partial charge in [-0.1, -0.05) is 12.1 Å². The van der Waals surface area contributed by atoms with Crippen molar-refractivity contribution in [1.82, 2.24) is 5.32 Å². The number of para-hydroxylation sites is 1. The van der Waals surface area contributed by atoms with E-state index in [-0.39, 0.29) is 0 Å². The number of fused-ring (bicyclic) bond motifs is 1. The Morgan fingerprint density at radius 2 is 2.33 bits per heavy atom. The largest absolute Gasteiger partial charge is 0.454 e. The van der Waals surface area contributed by atoms with Gasteiger partial charge in [-0.3, -0.25) is 0 Å². The molecule has 0 bridgehead atoms. The average Bonchev–Trinajstić information content (AvgIpc) is 2.73. The third-order valence-corrected chi connectivity index (χ3v) is 2.28. The summed E-state index contributed by atoms with van der Waals surface area (Å²) in [7, 11) is 1.69. The summed E-state index contributed by atoms with van der Waals surface area (Å²) in [6, 6.07) is 5.93. The highest BCUT2D eigenvalue weighted by Gasteiger charge is 2.16. The predicted molar refractivity (Wildman–Crippen MR) is 56.1 cm³/mol. The van der Waals surface area contributed by atoms with Gasteiger partial charge in [-0.05, 0) is 6.07 Å². The van der Waals surface area contributed by atoms with Crippen LogP contribution in [0.4, 0.5) is 0 Å². The maximum Gasteiger partial charge on any atom is 0.231 e. The lowest BCUT2D eigenvalue weighted by molar-refractivity contribution is 0.173. The van der Waals surface area contributed by atoms with Crippen LogP contribution >= 0.6 is 0 Å². The summed E-state index contributed by atoms with van der Waals surface area (Å²) < 4.78 is 15.6. The molecule has 2 rings (SSSR count). The fourth-order valence-corrected chi connectivity index (χ4v) is 1.53. The molecule has 0 saturated heterocycles. The molecule has 1 heterocycles. The van der Waals surface area contributed by atoms with Gasteiger partial charge in [-0.25, -0.2) is 0 Å². The minimum Gasteiger partial charge on any atom is -0.454 e. The number of ether oxygens (including phenoxy) is 3. The molecule has 4 heteroatoms. The lowest BCUT2D eigenvalue weighted by atomic mass is 10.2. The summed E-state index contributed by atoms with van der Waals surface area (Å²) in [5.41, 5.74) is 1.13. The lowest BCUT2D eigenvalue weighted by Gasteiger charge is -2.06. The van der Waals surface area contributed by atoms with Crippen molar-refractivity contribution in [3.05, 3.63) is 23.8 Å². The first-order chi connectivity index (χ1) is 7.42. The molecule has 0 atom stereocenters. The highest BCUT2D eigenvalue weighted by Crippen LogP contribution is 2.34. The van der Waals surface area contributed by atoms with Crippen molar-refractivity contribution < 1.29 is 14.2 Å². The molecule has 0 spiro atoms. The lowest BCUT2D eigenvalue weighted by Crippen LogP contribution is -2.18. The van der Waals surface area contributed by atoms with E-state index in [0.717, 1.165) is 30.2 Å². The van der Waals surface area contributed by atoms with E-state index >= 15 is 0 Å². The second-order valence-corrected chi connectivity index (χ2v) is 3.32. The van der Waals surface area contributed by atoms with Crippen molar-refractivity contribution in [3.63, 3.8) is 0 Å². The van der Waals surface area contributed by atoms with Gasteiger partial charge >= 0.3 is 0 Å². The predicted octanol–water partition coefficient (Wildman–Crippen LogP) is 1.15. The Balaban J connectivity index is 1.94. The first-order valence-corrected chi connectivity index (χ1v) is 4.99. The summed E-state index contributed by atoms with van der Waals surface area (Å²) in [5, 5.41) is 3.27. The molecule has 0 aromatic heterocycles. The second-order valence-electron chi connectivity index (χ2n) is 3.32. The summed E-state index contributed by atoms with van der Waals surface area (Å²) in [6.45, 7) is 2.65. The molecule has 15 heavy (non-hydrogen) atoms. The van der Waals surface area contributed by atoms with Crippen LogP contribution < -0.4 is 14.8 Å². The third-order valence-electron chi connectivity index (χ3n) is 2.28. The molecule has 1 aliphatic heterocycles. The summed E-state index contributed by atoms with van der Waals surface area (Å²) in [4.78, 5) is 0. The summed E-state index contributed by atoms with van der Waals surface area (Å²) >= 11 is 0. The van der Waals surface area contributed by atoms with Gasteiger partial charge in [0.15, 0.2) is 11.5 Å². The highest BCUT2D eigenvalue weighted by molar-refractivity contribution is 5.47. The topological polar surface area (TPSA) is 39.7 Å². The van der Waals surface area contributed by atoms with Gasteiger partial charge in [0.2, 0.25) is 6.79 Å². The smallest absolute Gasteiger partial charge is 0.231 e. The van der Waals surface area contributed by atoms with Gasteiger partial charge in [0.05, 0.1) is 6.61 Å². The second kappa shape index (κ2) is 5.00. The number of rotatable bonds is 5. The standard InChI is InChI=1S/C11H15NO3/c1-13-6-5-12-7-9-3-2-4-10-11(9)15-8-14-10/h2-4,12H,5-8H2,1H3. The molecular formula is C11H15NO3. The zero-order valence-corrected chi connectivity index (χ0v) is 8.79. The van der Waals surface area contributed by atoms with E-state index in [0.29, 0.717) is 13.4 Å². The first kappa shape index (κ1) is 10.3. The quantitative estimate of drug-likeness (QED) is 0.738. The van der Waals surface area contributed by atoms with Crippen LogP contribution in [0.5, 0.6) is 11.5 Å². The van der Waals surface area contributed by atoms with E-state index < -0.39 is 0 Å². The minimum absolute atomic E-state index is 0.324. The minimum atomic E-state index is 0.324. The molecule has 82 valence electrons. The Kier molecular flexibility index (Phi) is 3.42. The molecule has 0 aliphatic carbocycles. The summed E-state index contributed by atoms with van der Waals surface area (Å²) in [5.74, 6) is 1.70. The van der Waals surface area contributed by atoms with E-state index in [4.69, 9.17) is 14.2 Å². The molecule has 0 radical (unpaired) electrons. The molecule has 4 nitrogen and oxygen atoms in total. The molecule has 1 aromatic carbocycles. The number of hydrogen-bond acceptors (Lipinski definition) is 4. The molecule has 0 unspecified atom stereocenters. The number of nitrogens with one attached hydrogen (secondary N) is 1. The average molecular weight is 209 g/mol. The summed E-state index contributed by atoms with van der Waals surface area (Å²) in [6.07, 6.45) is 0. The van der Waals surface area contributed by atoms with Crippen molar-refractivity contribution in [2.45, 2.75) is 6.54 Å². The Morgan fingerprint density at radius 1 is 1.40 bits per heavy atom. The van der Waals surface area contributed by atoms with Crippen LogP contribution in [0.1, 0.15) is 5.56 Å². The fourth-order valence-electron chi connectivity index (χ4n) is 1.53. The Labute approximate surface area is 89.1 Å². The molecule has 0 saturated carbocycles. The highest BCUT2D eigenvalue weighted by atomic mass is 16.7. The normalized spacial score (nSPS) is 13.1. The van der Waals surface area contributed by atoms with E-state index in [9.17, 15) is 0 Å². The van der Waals surface area contributed by atoms with Crippen molar-refractivity contribution in [2.75, 3.05) is 27.1 Å². The maximum absolute atomic E-state index is 5.39. The van der Waals surface area contributed by atoms with E-state index in [1.807, 2.05) is 18.2 Å². The third kappa shape index (κ3) is 2.40. The van der Waals surface area contributed by atoms with Crippen molar-refractivity contribution >= 4 is 0 Å². The first-order valence-electron chi connectivity index (χ1n) is 4.99. The molecule has 1 aromatic rings. The van der Waals surface area contributed by atoms with Crippen LogP contribution in [0, 0.1) is 0 Å². The SMILES string of the molecule is COCCNCc1cccc2c1OCO2. The number of hydrogen-bond donors (Lipinski definition) is 1. The van der Waals surface area contributed by atoms with Crippen LogP contribution in [-0.4, -0.2) is 27.1 Å². The fraction of sp³-hybridized carbons (Fsp3) is 0.455. The molecule has 0 amide bonds. The Hall–Kier alpha value is -1.26. The Morgan fingerprint density at radius 3 is 3.20 bits per heavy atom. The van der Waals surface area contributed by atoms with Gasteiger partial charge in [0.1, 0.15) is 0 Å². The zero-order chi connectivity index (χ0) is 10.5. The molecule has 0 fully saturated rings. The van der Waals surface area contributed by atoms with Crippen LogP contribution in [-0.2, 0) is 11.3 Å². The van der Waals surface area contributed by atoms with Gasteiger partial charge in [-0.2, -0.15) is 0 Å². The number of benzene rings is 1. The molecular weight excluding hydrogens is 194 g/mol. The zero-order valence-electron chi connectivity index (χ0n) is 8.79. The van der Waals surface area contributed by atoms with E-state index in [1.165, 1.54) is 0 Å². The van der Waals surface area contributed by atoms with E-state index in [2.05, 4.69) is 5.32 Å². The van der Waals surface area contributed by atoms with Gasteiger partial charge in [0.25, 0.3) is 0 Å². The van der Waals surface area contributed by atoms with Gasteiger partial charge in [-0.15, -0.1) is 0 Å². The van der Waals surface area contributed by atoms with Crippen molar-refractivity contribution in [2.24, 2.45) is 0 Å². The molecule has 1 N–H and O–H groups in total. The van der Waals surface area contributed by atoms with Crippen LogP contribution in [0.25, 0.3) is 0 Å².